The van der Waals surface area contributed by atoms with E-state index < -0.39 is 0 Å². The summed E-state index contributed by atoms with van der Waals surface area (Å²) in [6.45, 7) is 0.925. The average Bonchev–Trinajstić information content (AvgIpc) is 2.07. The molecule has 0 aromatic heterocycles. The van der Waals surface area contributed by atoms with E-state index in [2.05, 4.69) is 21.1 Å². The number of likely N-dealkylation sites (N-methyl/N-ethyl adjacent to an activating group) is 1. The van der Waals surface area contributed by atoms with E-state index in [1.54, 1.807) is 0 Å². The Morgan fingerprint density at radius 1 is 1.12 bits per heavy atom. The molecular formula is C11H20Br2N2O2. The Bertz CT molecular complexity index is 365. The van der Waals surface area contributed by atoms with Crippen LogP contribution >= 0.6 is 17.0 Å². The molecule has 0 fully saturated rings. The van der Waals surface area contributed by atoms with Gasteiger partial charge in [-0.3, -0.25) is 0 Å². The Hall–Kier alpha value is -0.460. The zero-order valence-corrected chi connectivity index (χ0v) is 13.6. The van der Waals surface area contributed by atoms with Gasteiger partial charge in [-0.15, -0.1) is 17.0 Å². The first kappa shape index (κ1) is 18.9. The molecule has 0 aliphatic heterocycles. The second-order valence-electron chi connectivity index (χ2n) is 4.80. The number of aromatic hydroxyl groups is 2. The minimum Gasteiger partial charge on any atom is -1.00 e. The highest BCUT2D eigenvalue weighted by molar-refractivity contribution is 8.93. The van der Waals surface area contributed by atoms with Gasteiger partial charge in [0.25, 0.3) is 0 Å². The number of nitrogen functional groups attached to an aromatic ring is 1. The van der Waals surface area contributed by atoms with Crippen molar-refractivity contribution < 1.29 is 31.7 Å². The van der Waals surface area contributed by atoms with Crippen LogP contribution in [0.25, 0.3) is 0 Å². The van der Waals surface area contributed by atoms with Crippen molar-refractivity contribution in [1.82, 2.24) is 0 Å². The SMILES string of the molecule is Br.C[N+](C)(C)CCc1cc(O)c(O)cc1N.[Br-]. The molecule has 17 heavy (non-hydrogen) atoms. The Labute approximate surface area is 123 Å². The van der Waals surface area contributed by atoms with Crippen molar-refractivity contribution >= 4 is 22.7 Å². The van der Waals surface area contributed by atoms with Gasteiger partial charge in [0.05, 0.1) is 27.7 Å². The van der Waals surface area contributed by atoms with Crippen molar-refractivity contribution in [2.24, 2.45) is 0 Å². The lowest BCUT2D eigenvalue weighted by Gasteiger charge is -2.24. The summed E-state index contributed by atoms with van der Waals surface area (Å²) in [5.41, 5.74) is 7.14. The number of nitrogens with two attached hydrogens (primary N) is 1. The molecule has 100 valence electrons. The third-order valence-electron chi connectivity index (χ3n) is 2.29. The van der Waals surface area contributed by atoms with Gasteiger partial charge in [-0.2, -0.15) is 0 Å². The highest BCUT2D eigenvalue weighted by Gasteiger charge is 2.11. The molecule has 0 saturated carbocycles. The molecule has 0 heterocycles. The van der Waals surface area contributed by atoms with Gasteiger partial charge in [0.2, 0.25) is 0 Å². The lowest BCUT2D eigenvalue weighted by atomic mass is 10.1. The summed E-state index contributed by atoms with van der Waals surface area (Å²) in [7, 11) is 6.28. The number of halogens is 2. The summed E-state index contributed by atoms with van der Waals surface area (Å²) < 4.78 is 0.834. The Morgan fingerprint density at radius 3 is 2.06 bits per heavy atom. The smallest absolute Gasteiger partial charge is 0.159 e. The second kappa shape index (κ2) is 7.08. The van der Waals surface area contributed by atoms with Gasteiger partial charge in [-0.05, 0) is 11.6 Å². The van der Waals surface area contributed by atoms with E-state index in [1.807, 2.05) is 0 Å². The summed E-state index contributed by atoms with van der Waals surface area (Å²) in [6.07, 6.45) is 0.781. The standard InChI is InChI=1S/C11H18N2O2.2BrH/c1-13(2,3)5-4-8-6-10(14)11(15)7-9(8)12;;/h6-7H,4-5,12H2,1-3H3,(H-,14,15);2*1H. The molecule has 0 saturated heterocycles. The van der Waals surface area contributed by atoms with Crippen LogP contribution in [-0.2, 0) is 6.42 Å². The maximum atomic E-state index is 9.34. The van der Waals surface area contributed by atoms with E-state index in [0.717, 1.165) is 23.0 Å². The molecular weight excluding hydrogens is 352 g/mol. The molecule has 0 amide bonds. The van der Waals surface area contributed by atoms with Crippen LogP contribution in [0.4, 0.5) is 5.69 Å². The van der Waals surface area contributed by atoms with E-state index in [0.29, 0.717) is 5.69 Å². The number of hydrogen-bond donors (Lipinski definition) is 3. The zero-order valence-electron chi connectivity index (χ0n) is 10.3. The van der Waals surface area contributed by atoms with Crippen molar-refractivity contribution in [2.75, 3.05) is 33.4 Å². The van der Waals surface area contributed by atoms with Crippen LogP contribution < -0.4 is 22.7 Å². The molecule has 6 heteroatoms. The summed E-state index contributed by atoms with van der Waals surface area (Å²) in [6, 6.07) is 2.92. The van der Waals surface area contributed by atoms with Crippen LogP contribution in [0.15, 0.2) is 12.1 Å². The maximum absolute atomic E-state index is 9.34. The topological polar surface area (TPSA) is 66.5 Å². The normalized spacial score (nSPS) is 10.3. The highest BCUT2D eigenvalue weighted by atomic mass is 79.9. The molecule has 0 aliphatic rings. The van der Waals surface area contributed by atoms with Crippen LogP contribution in [-0.4, -0.2) is 42.4 Å². The molecule has 0 unspecified atom stereocenters. The molecule has 0 spiro atoms. The molecule has 1 rings (SSSR count). The van der Waals surface area contributed by atoms with Crippen LogP contribution in [0.1, 0.15) is 5.56 Å². The quantitative estimate of drug-likeness (QED) is 0.262. The van der Waals surface area contributed by atoms with E-state index in [1.165, 1.54) is 12.1 Å². The van der Waals surface area contributed by atoms with E-state index in [4.69, 9.17) is 5.73 Å². The third kappa shape index (κ3) is 6.14. The molecule has 1 aromatic carbocycles. The van der Waals surface area contributed by atoms with Gasteiger partial charge in [0.1, 0.15) is 0 Å². The Balaban J connectivity index is 0. The molecule has 0 atom stereocenters. The zero-order chi connectivity index (χ0) is 11.6. The van der Waals surface area contributed by atoms with Gasteiger partial charge < -0.3 is 37.4 Å². The minimum atomic E-state index is -0.165. The molecule has 1 aromatic rings. The fraction of sp³-hybridized carbons (Fsp3) is 0.455. The van der Waals surface area contributed by atoms with Crippen LogP contribution in [0.5, 0.6) is 11.5 Å². The van der Waals surface area contributed by atoms with Crippen LogP contribution in [0.3, 0.4) is 0 Å². The summed E-state index contributed by atoms with van der Waals surface area (Å²) >= 11 is 0. The van der Waals surface area contributed by atoms with Gasteiger partial charge in [0, 0.05) is 18.2 Å². The van der Waals surface area contributed by atoms with Crippen LogP contribution in [0.2, 0.25) is 0 Å². The Kier molecular flexibility index (Phi) is 7.87. The lowest BCUT2D eigenvalue weighted by molar-refractivity contribution is -0.870. The molecule has 0 aliphatic carbocycles. The predicted octanol–water partition coefficient (Wildman–Crippen LogP) is -1.49. The fourth-order valence-corrected chi connectivity index (χ4v) is 1.31. The largest absolute Gasteiger partial charge is 1.00 e. The number of rotatable bonds is 3. The molecule has 0 radical (unpaired) electrons. The van der Waals surface area contributed by atoms with Crippen molar-refractivity contribution in [3.05, 3.63) is 17.7 Å². The van der Waals surface area contributed by atoms with Gasteiger partial charge in [-0.1, -0.05) is 0 Å². The summed E-state index contributed by atoms with van der Waals surface area (Å²) in [5.74, 6) is -0.276. The predicted molar refractivity (Wildman–Crippen MR) is 71.1 cm³/mol. The van der Waals surface area contributed by atoms with Crippen molar-refractivity contribution in [2.45, 2.75) is 6.42 Å². The van der Waals surface area contributed by atoms with Crippen molar-refractivity contribution in [1.29, 1.82) is 0 Å². The maximum Gasteiger partial charge on any atom is 0.159 e. The number of benzene rings is 1. The first-order valence-electron chi connectivity index (χ1n) is 4.90. The van der Waals surface area contributed by atoms with Crippen molar-refractivity contribution in [3.63, 3.8) is 0 Å². The number of anilines is 1. The number of nitrogens with zero attached hydrogens (tertiary/aromatic N) is 1. The minimum absolute atomic E-state index is 0. The lowest BCUT2D eigenvalue weighted by Crippen LogP contribution is -3.00. The second-order valence-corrected chi connectivity index (χ2v) is 4.80. The van der Waals surface area contributed by atoms with Gasteiger partial charge >= 0.3 is 0 Å². The van der Waals surface area contributed by atoms with E-state index in [-0.39, 0.29) is 45.5 Å². The number of hydrogen-bond acceptors (Lipinski definition) is 3. The number of quaternary nitrogens is 1. The van der Waals surface area contributed by atoms with Gasteiger partial charge in [0.15, 0.2) is 11.5 Å². The number of phenols is 2. The van der Waals surface area contributed by atoms with E-state index >= 15 is 0 Å². The highest BCUT2D eigenvalue weighted by Crippen LogP contribution is 2.30. The molecule has 4 N–H and O–H groups in total. The average molecular weight is 372 g/mol. The van der Waals surface area contributed by atoms with Crippen LogP contribution in [0, 0.1) is 0 Å². The van der Waals surface area contributed by atoms with Gasteiger partial charge in [-0.25, -0.2) is 0 Å². The summed E-state index contributed by atoms with van der Waals surface area (Å²) in [4.78, 5) is 0. The monoisotopic (exact) mass is 370 g/mol. The first-order valence-corrected chi connectivity index (χ1v) is 4.90. The fourth-order valence-electron chi connectivity index (χ4n) is 1.31. The molecule has 4 nitrogen and oxygen atoms in total. The molecule has 0 bridgehead atoms. The Morgan fingerprint density at radius 2 is 1.59 bits per heavy atom. The third-order valence-corrected chi connectivity index (χ3v) is 2.29. The van der Waals surface area contributed by atoms with E-state index in [9.17, 15) is 10.2 Å². The summed E-state index contributed by atoms with van der Waals surface area (Å²) in [5, 5.41) is 18.6. The first-order chi connectivity index (χ1) is 6.79. The number of phenolic OH excluding ortho intramolecular Hbond substituents is 2. The van der Waals surface area contributed by atoms with Crippen molar-refractivity contribution in [3.8, 4) is 11.5 Å².